The van der Waals surface area contributed by atoms with Crippen molar-refractivity contribution in [3.05, 3.63) is 81.4 Å². The number of halogens is 1. The minimum absolute atomic E-state index is 0.0361. The topological polar surface area (TPSA) is 132 Å². The van der Waals surface area contributed by atoms with Crippen LogP contribution in [-0.2, 0) is 10.0 Å². The number of nitro groups is 1. The number of fused-ring (bicyclic) bond motifs is 1. The molecule has 0 atom stereocenters. The quantitative estimate of drug-likeness (QED) is 0.288. The Bertz CT molecular complexity index is 1350. The molecular weight excluding hydrogens is 472 g/mol. The molecular formula is C21H17ClN4O6S. The number of sulfonamides is 1. The van der Waals surface area contributed by atoms with Crippen LogP contribution in [0.2, 0.25) is 5.02 Å². The van der Waals surface area contributed by atoms with Crippen LogP contribution in [0.25, 0.3) is 0 Å². The molecule has 170 valence electrons. The fraction of sp³-hybridized carbons (Fsp3) is 0.0952. The first kappa shape index (κ1) is 22.4. The van der Waals surface area contributed by atoms with Gasteiger partial charge in [-0.15, -0.1) is 0 Å². The number of ether oxygens (including phenoxy) is 2. The molecule has 10 nitrogen and oxygen atoms in total. The smallest absolute Gasteiger partial charge is 0.270 e. The first-order chi connectivity index (χ1) is 15.8. The van der Waals surface area contributed by atoms with Gasteiger partial charge in [0.1, 0.15) is 18.1 Å². The highest BCUT2D eigenvalue weighted by molar-refractivity contribution is 7.93. The van der Waals surface area contributed by atoms with Gasteiger partial charge < -0.3 is 9.47 Å². The Labute approximate surface area is 194 Å². The van der Waals surface area contributed by atoms with Crippen LogP contribution in [0.15, 0.2) is 70.7 Å². The van der Waals surface area contributed by atoms with E-state index in [9.17, 15) is 18.5 Å². The summed E-state index contributed by atoms with van der Waals surface area (Å²) in [5.74, 6) is 1.20. The molecule has 0 fully saturated rings. The summed E-state index contributed by atoms with van der Waals surface area (Å²) >= 11 is 6.05. The molecule has 0 saturated carbocycles. The maximum absolute atomic E-state index is 13.0. The number of benzene rings is 3. The van der Waals surface area contributed by atoms with Gasteiger partial charge in [-0.2, -0.15) is 5.10 Å². The number of nitro benzene ring substituents is 1. The lowest BCUT2D eigenvalue weighted by molar-refractivity contribution is -0.385. The lowest BCUT2D eigenvalue weighted by Gasteiger charge is -2.18. The van der Waals surface area contributed by atoms with Gasteiger partial charge in [-0.05, 0) is 42.0 Å². The SMILES string of the molecule is O=[N+]([O-])c1ccc(N/N=C/c2ccc3c(c2)OCCO3)c(S(=O)(=O)Nc2ccccc2Cl)c1. The molecule has 0 unspecified atom stereocenters. The van der Waals surface area contributed by atoms with Crippen LogP contribution in [0, 0.1) is 10.1 Å². The van der Waals surface area contributed by atoms with Crippen LogP contribution in [0.4, 0.5) is 17.1 Å². The molecule has 0 spiro atoms. The maximum Gasteiger partial charge on any atom is 0.270 e. The van der Waals surface area contributed by atoms with Crippen LogP contribution in [0.5, 0.6) is 11.5 Å². The van der Waals surface area contributed by atoms with E-state index in [1.54, 1.807) is 30.3 Å². The number of non-ortho nitro benzene ring substituents is 1. The van der Waals surface area contributed by atoms with Crippen molar-refractivity contribution in [1.29, 1.82) is 0 Å². The molecule has 4 rings (SSSR count). The van der Waals surface area contributed by atoms with E-state index in [0.29, 0.717) is 30.3 Å². The molecule has 33 heavy (non-hydrogen) atoms. The molecule has 0 amide bonds. The summed E-state index contributed by atoms with van der Waals surface area (Å²) in [5.41, 5.74) is 3.09. The summed E-state index contributed by atoms with van der Waals surface area (Å²) in [6, 6.07) is 14.9. The third-order valence-corrected chi connectivity index (χ3v) is 6.28. The predicted molar refractivity (Wildman–Crippen MR) is 124 cm³/mol. The second kappa shape index (κ2) is 9.35. The van der Waals surface area contributed by atoms with E-state index in [4.69, 9.17) is 21.1 Å². The number of hydrogen-bond acceptors (Lipinski definition) is 8. The molecule has 1 aliphatic heterocycles. The zero-order chi connectivity index (χ0) is 23.4. The monoisotopic (exact) mass is 488 g/mol. The number of nitrogens with zero attached hydrogens (tertiary/aromatic N) is 2. The summed E-state index contributed by atoms with van der Waals surface area (Å²) in [7, 11) is -4.24. The van der Waals surface area contributed by atoms with Crippen LogP contribution < -0.4 is 19.6 Å². The second-order valence-corrected chi connectivity index (χ2v) is 8.85. The Hall–Kier alpha value is -3.83. The third-order valence-electron chi connectivity index (χ3n) is 4.55. The zero-order valence-corrected chi connectivity index (χ0v) is 18.5. The predicted octanol–water partition coefficient (Wildman–Crippen LogP) is 4.27. The lowest BCUT2D eigenvalue weighted by Crippen LogP contribution is -2.15. The molecule has 2 N–H and O–H groups in total. The van der Waals surface area contributed by atoms with Crippen molar-refractivity contribution in [1.82, 2.24) is 0 Å². The third kappa shape index (κ3) is 5.16. The first-order valence-corrected chi connectivity index (χ1v) is 11.4. The number of hydrogen-bond donors (Lipinski definition) is 2. The number of rotatable bonds is 7. The molecule has 0 radical (unpaired) electrons. The van der Waals surface area contributed by atoms with E-state index in [0.717, 1.165) is 6.07 Å². The molecule has 1 aliphatic rings. The molecule has 0 aliphatic carbocycles. The Kier molecular flexibility index (Phi) is 6.33. The maximum atomic E-state index is 13.0. The number of para-hydroxylation sites is 1. The van der Waals surface area contributed by atoms with Crippen molar-refractivity contribution in [3.63, 3.8) is 0 Å². The van der Waals surface area contributed by atoms with Gasteiger partial charge in [-0.1, -0.05) is 23.7 Å². The Morgan fingerprint density at radius 3 is 2.52 bits per heavy atom. The summed E-state index contributed by atoms with van der Waals surface area (Å²) in [6.07, 6.45) is 1.46. The molecule has 1 heterocycles. The number of anilines is 2. The minimum atomic E-state index is -4.24. The van der Waals surface area contributed by atoms with Gasteiger partial charge in [-0.3, -0.25) is 20.3 Å². The van der Waals surface area contributed by atoms with Crippen molar-refractivity contribution >= 4 is 44.9 Å². The van der Waals surface area contributed by atoms with E-state index in [2.05, 4.69) is 15.2 Å². The van der Waals surface area contributed by atoms with Crippen LogP contribution in [-0.4, -0.2) is 32.8 Å². The Morgan fingerprint density at radius 1 is 1.00 bits per heavy atom. The summed E-state index contributed by atoms with van der Waals surface area (Å²) in [5, 5.41) is 15.5. The molecule has 12 heteroatoms. The van der Waals surface area contributed by atoms with Gasteiger partial charge in [0.2, 0.25) is 0 Å². The van der Waals surface area contributed by atoms with Crippen molar-refractivity contribution in [2.45, 2.75) is 4.90 Å². The van der Waals surface area contributed by atoms with Gasteiger partial charge >= 0.3 is 0 Å². The highest BCUT2D eigenvalue weighted by atomic mass is 35.5. The van der Waals surface area contributed by atoms with Crippen molar-refractivity contribution in [3.8, 4) is 11.5 Å². The van der Waals surface area contributed by atoms with E-state index in [-0.39, 0.29) is 21.3 Å². The summed E-state index contributed by atoms with van der Waals surface area (Å²) in [6.45, 7) is 0.913. The average molecular weight is 489 g/mol. The molecule has 3 aromatic carbocycles. The molecule has 3 aromatic rings. The highest BCUT2D eigenvalue weighted by Gasteiger charge is 2.23. The van der Waals surface area contributed by atoms with Gasteiger partial charge in [0.05, 0.1) is 27.5 Å². The number of nitrogens with one attached hydrogen (secondary N) is 2. The van der Waals surface area contributed by atoms with E-state index in [1.165, 1.54) is 30.5 Å². The second-order valence-electron chi connectivity index (χ2n) is 6.80. The summed E-state index contributed by atoms with van der Waals surface area (Å²) < 4.78 is 39.4. The van der Waals surface area contributed by atoms with Gasteiger partial charge in [0.25, 0.3) is 15.7 Å². The minimum Gasteiger partial charge on any atom is -0.486 e. The largest absolute Gasteiger partial charge is 0.486 e. The molecule has 0 aromatic heterocycles. The first-order valence-electron chi connectivity index (χ1n) is 9.58. The fourth-order valence-corrected chi connectivity index (χ4v) is 4.50. The average Bonchev–Trinajstić information content (AvgIpc) is 2.80. The fourth-order valence-electron chi connectivity index (χ4n) is 3.00. The summed E-state index contributed by atoms with van der Waals surface area (Å²) in [4.78, 5) is 10.2. The van der Waals surface area contributed by atoms with Crippen molar-refractivity contribution < 1.29 is 22.8 Å². The van der Waals surface area contributed by atoms with Crippen LogP contribution in [0.3, 0.4) is 0 Å². The molecule has 0 saturated heterocycles. The lowest BCUT2D eigenvalue weighted by atomic mass is 10.2. The standard InChI is InChI=1S/C21H17ClN4O6S/c22-16-3-1-2-4-17(16)25-33(29,30)21-12-15(26(27)28)6-7-18(21)24-23-13-14-5-8-19-20(11-14)32-10-9-31-19/h1-8,11-13,24-25H,9-10H2/b23-13+. The van der Waals surface area contributed by atoms with E-state index >= 15 is 0 Å². The van der Waals surface area contributed by atoms with Crippen molar-refractivity contribution in [2.75, 3.05) is 23.4 Å². The van der Waals surface area contributed by atoms with E-state index < -0.39 is 20.6 Å². The van der Waals surface area contributed by atoms with Crippen molar-refractivity contribution in [2.24, 2.45) is 5.10 Å². The zero-order valence-electron chi connectivity index (χ0n) is 16.9. The normalized spacial score (nSPS) is 13.0. The van der Waals surface area contributed by atoms with Crippen LogP contribution in [0.1, 0.15) is 5.56 Å². The Morgan fingerprint density at radius 2 is 1.76 bits per heavy atom. The molecule has 0 bridgehead atoms. The van der Waals surface area contributed by atoms with Gasteiger partial charge in [-0.25, -0.2) is 8.42 Å². The van der Waals surface area contributed by atoms with Gasteiger partial charge in [0, 0.05) is 12.1 Å². The van der Waals surface area contributed by atoms with E-state index in [1.807, 2.05) is 0 Å². The number of hydrazone groups is 1. The van der Waals surface area contributed by atoms with Crippen LogP contribution >= 0.6 is 11.6 Å². The van der Waals surface area contributed by atoms with Gasteiger partial charge in [0.15, 0.2) is 11.5 Å². The highest BCUT2D eigenvalue weighted by Crippen LogP contribution is 2.31. The Balaban J connectivity index is 1.62.